The molecule has 0 spiro atoms. The zero-order valence-corrected chi connectivity index (χ0v) is 11.4. The molecule has 0 aliphatic rings. The molecule has 1 unspecified atom stereocenters. The molecule has 0 aliphatic carbocycles. The van der Waals surface area contributed by atoms with Gasteiger partial charge >= 0.3 is 0 Å². The van der Waals surface area contributed by atoms with E-state index in [0.29, 0.717) is 6.54 Å². The molecule has 2 rings (SSSR count). The summed E-state index contributed by atoms with van der Waals surface area (Å²) in [5, 5.41) is 8.18. The maximum absolute atomic E-state index is 5.30. The molecule has 0 bridgehead atoms. The van der Waals surface area contributed by atoms with Gasteiger partial charge < -0.3 is 4.74 Å². The van der Waals surface area contributed by atoms with Gasteiger partial charge in [0.2, 0.25) is 0 Å². The third kappa shape index (κ3) is 2.85. The largest absolute Gasteiger partial charge is 0.496 e. The maximum Gasteiger partial charge on any atom is 0.123 e. The van der Waals surface area contributed by atoms with Crippen LogP contribution in [-0.2, 0) is 6.54 Å². The number of para-hydroxylation sites is 1. The molecule has 5 heteroatoms. The first kappa shape index (κ1) is 12.1. The molecule has 0 N–H and O–H groups in total. The van der Waals surface area contributed by atoms with Crippen molar-refractivity contribution < 1.29 is 4.74 Å². The Morgan fingerprint density at radius 2 is 2.18 bits per heavy atom. The number of hydrogen-bond donors (Lipinski definition) is 0. The van der Waals surface area contributed by atoms with Gasteiger partial charge in [-0.05, 0) is 13.0 Å². The van der Waals surface area contributed by atoms with Crippen LogP contribution in [-0.4, -0.2) is 22.1 Å². The quantitative estimate of drug-likeness (QED) is 0.815. The monoisotopic (exact) mass is 295 g/mol. The van der Waals surface area contributed by atoms with Crippen LogP contribution in [0.3, 0.4) is 0 Å². The van der Waals surface area contributed by atoms with Crippen LogP contribution in [0, 0.1) is 0 Å². The number of hydrogen-bond acceptors (Lipinski definition) is 3. The number of alkyl halides is 1. The minimum Gasteiger partial charge on any atom is -0.496 e. The Labute approximate surface area is 109 Å². The van der Waals surface area contributed by atoms with Crippen molar-refractivity contribution in [1.29, 1.82) is 0 Å². The van der Waals surface area contributed by atoms with Gasteiger partial charge in [-0.1, -0.05) is 39.3 Å². The van der Waals surface area contributed by atoms with Crippen LogP contribution in [0.2, 0.25) is 0 Å². The van der Waals surface area contributed by atoms with Gasteiger partial charge in [0.1, 0.15) is 5.75 Å². The third-order valence-corrected chi connectivity index (χ3v) is 2.96. The minimum absolute atomic E-state index is 0.217. The highest BCUT2D eigenvalue weighted by Gasteiger charge is 2.08. The van der Waals surface area contributed by atoms with E-state index in [1.807, 2.05) is 42.1 Å². The van der Waals surface area contributed by atoms with Gasteiger partial charge in [-0.25, -0.2) is 4.68 Å². The molecule has 0 radical (unpaired) electrons. The molecule has 2 aromatic rings. The summed E-state index contributed by atoms with van der Waals surface area (Å²) in [6.07, 6.45) is 1.94. The summed E-state index contributed by atoms with van der Waals surface area (Å²) in [6, 6.07) is 7.91. The Morgan fingerprint density at radius 3 is 2.82 bits per heavy atom. The van der Waals surface area contributed by atoms with Crippen molar-refractivity contribution in [3.8, 4) is 5.75 Å². The first-order valence-corrected chi connectivity index (χ1v) is 6.28. The van der Waals surface area contributed by atoms with Crippen molar-refractivity contribution >= 4 is 15.9 Å². The van der Waals surface area contributed by atoms with Gasteiger partial charge in [-0.2, -0.15) is 0 Å². The van der Waals surface area contributed by atoms with E-state index in [2.05, 4.69) is 26.2 Å². The Hall–Kier alpha value is -1.36. The van der Waals surface area contributed by atoms with Crippen molar-refractivity contribution in [2.45, 2.75) is 18.3 Å². The first-order chi connectivity index (χ1) is 8.20. The zero-order valence-electron chi connectivity index (χ0n) is 9.80. The summed E-state index contributed by atoms with van der Waals surface area (Å²) in [5.74, 6) is 0.872. The van der Waals surface area contributed by atoms with E-state index in [1.54, 1.807) is 7.11 Å². The highest BCUT2D eigenvalue weighted by Crippen LogP contribution is 2.20. The van der Waals surface area contributed by atoms with E-state index in [-0.39, 0.29) is 4.83 Å². The topological polar surface area (TPSA) is 39.9 Å². The second-order valence-corrected chi connectivity index (χ2v) is 5.14. The van der Waals surface area contributed by atoms with Crippen molar-refractivity contribution in [2.75, 3.05) is 7.11 Å². The number of methoxy groups -OCH3 is 1. The molecule has 1 aromatic carbocycles. The normalized spacial score (nSPS) is 12.4. The number of halogens is 1. The Balaban J connectivity index is 2.19. The average molecular weight is 296 g/mol. The molecule has 1 atom stereocenters. The average Bonchev–Trinajstić information content (AvgIpc) is 2.78. The van der Waals surface area contributed by atoms with Crippen LogP contribution < -0.4 is 4.74 Å². The van der Waals surface area contributed by atoms with E-state index in [9.17, 15) is 0 Å². The first-order valence-electron chi connectivity index (χ1n) is 5.36. The predicted molar refractivity (Wildman–Crippen MR) is 69.5 cm³/mol. The molecule has 90 valence electrons. The van der Waals surface area contributed by atoms with Crippen LogP contribution >= 0.6 is 15.9 Å². The lowest BCUT2D eigenvalue weighted by Gasteiger charge is -2.07. The fourth-order valence-electron chi connectivity index (χ4n) is 1.58. The second kappa shape index (κ2) is 5.31. The van der Waals surface area contributed by atoms with Crippen LogP contribution in [0.4, 0.5) is 0 Å². The maximum atomic E-state index is 5.30. The minimum atomic E-state index is 0.217. The molecule has 0 amide bonds. The van der Waals surface area contributed by atoms with Gasteiger partial charge in [-0.15, -0.1) is 5.10 Å². The lowest BCUT2D eigenvalue weighted by Crippen LogP contribution is -2.02. The SMILES string of the molecule is COc1ccccc1Cn1cc(C(C)Br)nn1. The van der Waals surface area contributed by atoms with Crippen LogP contribution in [0.5, 0.6) is 5.75 Å². The molecule has 17 heavy (non-hydrogen) atoms. The molecule has 4 nitrogen and oxygen atoms in total. The fraction of sp³-hybridized carbons (Fsp3) is 0.333. The molecule has 0 aliphatic heterocycles. The predicted octanol–water partition coefficient (Wildman–Crippen LogP) is 2.79. The van der Waals surface area contributed by atoms with Crippen LogP contribution in [0.15, 0.2) is 30.5 Å². The number of rotatable bonds is 4. The van der Waals surface area contributed by atoms with Gasteiger partial charge in [0.15, 0.2) is 0 Å². The lowest BCUT2D eigenvalue weighted by molar-refractivity contribution is 0.407. The Kier molecular flexibility index (Phi) is 3.78. The zero-order chi connectivity index (χ0) is 12.3. The standard InChI is InChI=1S/C12H14BrN3O/c1-9(13)11-8-16(15-14-11)7-10-5-3-4-6-12(10)17-2/h3-6,8-9H,7H2,1-2H3. The summed E-state index contributed by atoms with van der Waals surface area (Å²) >= 11 is 3.47. The summed E-state index contributed by atoms with van der Waals surface area (Å²) in [7, 11) is 1.67. The number of ether oxygens (including phenoxy) is 1. The molecule has 0 fully saturated rings. The van der Waals surface area contributed by atoms with Gasteiger partial charge in [0, 0.05) is 11.8 Å². The van der Waals surface area contributed by atoms with Crippen LogP contribution in [0.1, 0.15) is 23.0 Å². The van der Waals surface area contributed by atoms with Crippen molar-refractivity contribution in [3.05, 3.63) is 41.7 Å². The highest BCUT2D eigenvalue weighted by atomic mass is 79.9. The van der Waals surface area contributed by atoms with Crippen molar-refractivity contribution in [3.63, 3.8) is 0 Å². The molecule has 1 aromatic heterocycles. The smallest absolute Gasteiger partial charge is 0.123 e. The second-order valence-electron chi connectivity index (χ2n) is 3.77. The van der Waals surface area contributed by atoms with Crippen LogP contribution in [0.25, 0.3) is 0 Å². The number of aromatic nitrogens is 3. The summed E-state index contributed by atoms with van der Waals surface area (Å²) < 4.78 is 7.11. The van der Waals surface area contributed by atoms with Crippen molar-refractivity contribution in [2.24, 2.45) is 0 Å². The van der Waals surface area contributed by atoms with E-state index >= 15 is 0 Å². The van der Waals surface area contributed by atoms with E-state index in [0.717, 1.165) is 17.0 Å². The summed E-state index contributed by atoms with van der Waals surface area (Å²) in [4.78, 5) is 0.217. The number of benzene rings is 1. The summed E-state index contributed by atoms with van der Waals surface area (Å²) in [6.45, 7) is 2.69. The lowest BCUT2D eigenvalue weighted by atomic mass is 10.2. The van der Waals surface area contributed by atoms with E-state index < -0.39 is 0 Å². The van der Waals surface area contributed by atoms with E-state index in [1.165, 1.54) is 0 Å². The van der Waals surface area contributed by atoms with Crippen molar-refractivity contribution in [1.82, 2.24) is 15.0 Å². The summed E-state index contributed by atoms with van der Waals surface area (Å²) in [5.41, 5.74) is 2.02. The molecule has 1 heterocycles. The highest BCUT2D eigenvalue weighted by molar-refractivity contribution is 9.09. The van der Waals surface area contributed by atoms with E-state index in [4.69, 9.17) is 4.74 Å². The molecule has 0 saturated heterocycles. The Bertz CT molecular complexity index is 496. The van der Waals surface area contributed by atoms with Gasteiger partial charge in [0.25, 0.3) is 0 Å². The third-order valence-electron chi connectivity index (χ3n) is 2.49. The Morgan fingerprint density at radius 1 is 1.41 bits per heavy atom. The molecule has 0 saturated carbocycles. The van der Waals surface area contributed by atoms with Gasteiger partial charge in [0.05, 0.1) is 24.2 Å². The van der Waals surface area contributed by atoms with Gasteiger partial charge in [-0.3, -0.25) is 0 Å². The molecular formula is C12H14BrN3O. The molecular weight excluding hydrogens is 282 g/mol. The number of nitrogens with zero attached hydrogens (tertiary/aromatic N) is 3. The fourth-order valence-corrected chi connectivity index (χ4v) is 1.79.